The van der Waals surface area contributed by atoms with Gasteiger partial charge in [-0.3, -0.25) is 9.59 Å². The molecule has 0 spiro atoms. The topological polar surface area (TPSA) is 94.8 Å². The van der Waals surface area contributed by atoms with E-state index in [0.29, 0.717) is 25.7 Å². The Morgan fingerprint density at radius 3 is 2.63 bits per heavy atom. The zero-order valence-corrected chi connectivity index (χ0v) is 16.0. The Morgan fingerprint density at radius 2 is 1.93 bits per heavy atom. The summed E-state index contributed by atoms with van der Waals surface area (Å²) in [6, 6.07) is 0. The number of hydrogen-bond donors (Lipinski definition) is 3. The Bertz CT molecular complexity index is 573. The maximum atomic E-state index is 12.0. The van der Waals surface area contributed by atoms with Gasteiger partial charge < -0.3 is 15.3 Å². The molecule has 0 amide bonds. The van der Waals surface area contributed by atoms with Crippen molar-refractivity contribution in [2.75, 3.05) is 0 Å². The molecular formula is C22H32O5. The van der Waals surface area contributed by atoms with Crippen molar-refractivity contribution in [3.05, 3.63) is 48.6 Å². The lowest BCUT2D eigenvalue weighted by atomic mass is 9.90. The number of hydrogen-bond acceptors (Lipinski definition) is 4. The van der Waals surface area contributed by atoms with Crippen LogP contribution in [-0.4, -0.2) is 39.3 Å². The highest BCUT2D eigenvalue weighted by Gasteiger charge is 2.39. The van der Waals surface area contributed by atoms with E-state index in [1.807, 2.05) is 43.4 Å². The highest BCUT2D eigenvalue weighted by molar-refractivity contribution is 5.84. The minimum atomic E-state index is -0.803. The van der Waals surface area contributed by atoms with Crippen molar-refractivity contribution in [2.45, 2.75) is 64.1 Å². The van der Waals surface area contributed by atoms with Crippen LogP contribution in [0.4, 0.5) is 0 Å². The Hall–Kier alpha value is -1.98. The van der Waals surface area contributed by atoms with E-state index in [1.54, 1.807) is 12.2 Å². The molecule has 1 aliphatic carbocycles. The van der Waals surface area contributed by atoms with E-state index in [2.05, 4.69) is 0 Å². The molecule has 1 rings (SSSR count). The largest absolute Gasteiger partial charge is 0.481 e. The van der Waals surface area contributed by atoms with E-state index in [9.17, 15) is 19.8 Å². The van der Waals surface area contributed by atoms with Crippen molar-refractivity contribution in [3.8, 4) is 0 Å². The van der Waals surface area contributed by atoms with Crippen molar-refractivity contribution in [2.24, 2.45) is 11.8 Å². The fraction of sp³-hybridized carbons (Fsp3) is 0.545. The van der Waals surface area contributed by atoms with Gasteiger partial charge in [0.25, 0.3) is 0 Å². The summed E-state index contributed by atoms with van der Waals surface area (Å²) in [7, 11) is 0. The highest BCUT2D eigenvalue weighted by atomic mass is 16.4. The first-order valence-corrected chi connectivity index (χ1v) is 9.69. The van der Waals surface area contributed by atoms with Crippen molar-refractivity contribution in [1.82, 2.24) is 0 Å². The summed E-state index contributed by atoms with van der Waals surface area (Å²) in [5, 5.41) is 28.7. The normalized spacial score (nSPS) is 24.9. The summed E-state index contributed by atoms with van der Waals surface area (Å²) < 4.78 is 0. The molecule has 0 aromatic rings. The van der Waals surface area contributed by atoms with Crippen molar-refractivity contribution in [1.29, 1.82) is 0 Å². The summed E-state index contributed by atoms with van der Waals surface area (Å²) >= 11 is 0. The number of carbonyl (C=O) groups excluding carboxylic acids is 1. The third-order valence-electron chi connectivity index (χ3n) is 4.59. The van der Waals surface area contributed by atoms with Gasteiger partial charge in [-0.05, 0) is 32.1 Å². The quantitative estimate of drug-likeness (QED) is 0.453. The van der Waals surface area contributed by atoms with E-state index in [0.717, 1.165) is 6.42 Å². The molecule has 5 heteroatoms. The molecule has 0 bridgehead atoms. The zero-order valence-electron chi connectivity index (χ0n) is 16.0. The molecule has 0 saturated heterocycles. The van der Waals surface area contributed by atoms with Crippen LogP contribution in [0.1, 0.15) is 51.9 Å². The first-order chi connectivity index (χ1) is 13.0. The minimum Gasteiger partial charge on any atom is -0.481 e. The average molecular weight is 376 g/mol. The second-order valence-corrected chi connectivity index (χ2v) is 6.84. The third-order valence-corrected chi connectivity index (χ3v) is 4.59. The fourth-order valence-electron chi connectivity index (χ4n) is 3.10. The summed E-state index contributed by atoms with van der Waals surface area (Å²) in [5.41, 5.74) is 0. The number of aliphatic carboxylic acids is 1. The number of carbonyl (C=O) groups is 2. The highest BCUT2D eigenvalue weighted by Crippen LogP contribution is 2.33. The van der Waals surface area contributed by atoms with Gasteiger partial charge in [0, 0.05) is 24.7 Å². The van der Waals surface area contributed by atoms with Gasteiger partial charge in [-0.1, -0.05) is 55.5 Å². The number of carboxylic acids is 1. The second-order valence-electron chi connectivity index (χ2n) is 6.84. The van der Waals surface area contributed by atoms with Gasteiger partial charge in [0.2, 0.25) is 0 Å². The number of ketones is 1. The van der Waals surface area contributed by atoms with Crippen LogP contribution >= 0.6 is 0 Å². The Morgan fingerprint density at radius 1 is 1.19 bits per heavy atom. The lowest BCUT2D eigenvalue weighted by Crippen LogP contribution is -2.18. The lowest BCUT2D eigenvalue weighted by molar-refractivity contribution is -0.136. The predicted octanol–water partition coefficient (Wildman–Crippen LogP) is 3.58. The molecule has 150 valence electrons. The van der Waals surface area contributed by atoms with E-state index < -0.39 is 18.2 Å². The molecule has 0 heterocycles. The van der Waals surface area contributed by atoms with Crippen LogP contribution in [-0.2, 0) is 9.59 Å². The summed E-state index contributed by atoms with van der Waals surface area (Å²) in [6.45, 7) is 2.04. The molecule has 0 aromatic heterocycles. The van der Waals surface area contributed by atoms with Crippen LogP contribution in [0.15, 0.2) is 48.6 Å². The van der Waals surface area contributed by atoms with Crippen LogP contribution in [0.2, 0.25) is 0 Å². The van der Waals surface area contributed by atoms with Gasteiger partial charge in [0.15, 0.2) is 0 Å². The standard InChI is InChI=1S/C22H32O5/c1-2-3-8-12-18-19(21(25)16-20(18)24)15-14-17(23)11-9-6-4-5-7-10-13-22(26)27/h3,5-9,14-15,17-19,21,23,25H,2,4,10-13,16H2,1H3,(H,26,27)/b7-5-,8-3-,9-6-,15-14+/t17-,18-,19+,21+/m0/s1. The molecular weight excluding hydrogens is 344 g/mol. The molecule has 3 N–H and O–H groups in total. The van der Waals surface area contributed by atoms with Gasteiger partial charge in [-0.15, -0.1) is 0 Å². The number of aliphatic hydroxyl groups is 2. The SMILES string of the molecule is CC/C=C\C[C@@H]1C(=O)C[C@@H](O)[C@@H]1/C=C/[C@@H](O)C/C=C\C/C=C\CCC(=O)O. The lowest BCUT2D eigenvalue weighted by Gasteiger charge is -2.16. The van der Waals surface area contributed by atoms with E-state index in [1.165, 1.54) is 0 Å². The first kappa shape index (κ1) is 23.1. The molecule has 0 aromatic carbocycles. The molecule has 1 saturated carbocycles. The molecule has 0 unspecified atom stereocenters. The maximum Gasteiger partial charge on any atom is 0.303 e. The number of carboxylic acid groups (broad SMARTS) is 1. The number of rotatable bonds is 12. The van der Waals surface area contributed by atoms with Crippen LogP contribution in [0.25, 0.3) is 0 Å². The Kier molecular flexibility index (Phi) is 11.3. The molecule has 5 nitrogen and oxygen atoms in total. The molecule has 0 aliphatic heterocycles. The monoisotopic (exact) mass is 376 g/mol. The maximum absolute atomic E-state index is 12.0. The van der Waals surface area contributed by atoms with Crippen molar-refractivity contribution in [3.63, 3.8) is 0 Å². The van der Waals surface area contributed by atoms with E-state index in [-0.39, 0.29) is 30.5 Å². The molecule has 1 fully saturated rings. The van der Waals surface area contributed by atoms with E-state index >= 15 is 0 Å². The van der Waals surface area contributed by atoms with Crippen LogP contribution in [0, 0.1) is 11.8 Å². The average Bonchev–Trinajstić information content (AvgIpc) is 2.88. The zero-order chi connectivity index (χ0) is 20.1. The number of aliphatic hydroxyl groups excluding tert-OH is 2. The smallest absolute Gasteiger partial charge is 0.303 e. The Labute approximate surface area is 161 Å². The van der Waals surface area contributed by atoms with Gasteiger partial charge in [-0.25, -0.2) is 0 Å². The summed E-state index contributed by atoms with van der Waals surface area (Å²) in [6.07, 6.45) is 17.2. The van der Waals surface area contributed by atoms with Gasteiger partial charge in [0.05, 0.1) is 12.2 Å². The number of allylic oxidation sites excluding steroid dienone is 5. The fourth-order valence-corrected chi connectivity index (χ4v) is 3.10. The van der Waals surface area contributed by atoms with Crippen molar-refractivity contribution < 1.29 is 24.9 Å². The van der Waals surface area contributed by atoms with Gasteiger partial charge >= 0.3 is 5.97 Å². The van der Waals surface area contributed by atoms with E-state index in [4.69, 9.17) is 5.11 Å². The van der Waals surface area contributed by atoms with Crippen LogP contribution < -0.4 is 0 Å². The molecule has 4 atom stereocenters. The molecule has 27 heavy (non-hydrogen) atoms. The summed E-state index contributed by atoms with van der Waals surface area (Å²) in [4.78, 5) is 22.4. The van der Waals surface area contributed by atoms with Crippen LogP contribution in [0.5, 0.6) is 0 Å². The molecule has 0 radical (unpaired) electrons. The predicted molar refractivity (Wildman–Crippen MR) is 106 cm³/mol. The van der Waals surface area contributed by atoms with Crippen LogP contribution in [0.3, 0.4) is 0 Å². The third kappa shape index (κ3) is 9.50. The first-order valence-electron chi connectivity index (χ1n) is 9.69. The molecule has 1 aliphatic rings. The summed E-state index contributed by atoms with van der Waals surface area (Å²) in [5.74, 6) is -1.17. The second kappa shape index (κ2) is 13.2. The van der Waals surface area contributed by atoms with Gasteiger partial charge in [0.1, 0.15) is 5.78 Å². The minimum absolute atomic E-state index is 0.0852. The van der Waals surface area contributed by atoms with Gasteiger partial charge in [-0.2, -0.15) is 0 Å². The Balaban J connectivity index is 2.40. The number of Topliss-reactive ketones (excluding diaryl/α,β-unsaturated/α-hetero) is 1. The van der Waals surface area contributed by atoms with Crippen molar-refractivity contribution >= 4 is 11.8 Å².